The van der Waals surface area contributed by atoms with Crippen LogP contribution in [0.15, 0.2) is 36.7 Å². The number of pyridine rings is 1. The van der Waals surface area contributed by atoms with Crippen molar-refractivity contribution in [2.75, 3.05) is 14.2 Å². The summed E-state index contributed by atoms with van der Waals surface area (Å²) in [6.45, 7) is 2.14. The van der Waals surface area contributed by atoms with Gasteiger partial charge in [-0.2, -0.15) is 0 Å². The monoisotopic (exact) mass is 244 g/mol. The molecule has 1 aromatic carbocycles. The Morgan fingerprint density at radius 3 is 2.83 bits per heavy atom. The highest BCUT2D eigenvalue weighted by Crippen LogP contribution is 2.27. The summed E-state index contributed by atoms with van der Waals surface area (Å²) in [5.74, 6) is 0. The van der Waals surface area contributed by atoms with E-state index in [1.54, 1.807) is 7.11 Å². The van der Waals surface area contributed by atoms with E-state index in [0.29, 0.717) is 0 Å². The molecule has 0 saturated carbocycles. The second kappa shape index (κ2) is 5.94. The summed E-state index contributed by atoms with van der Waals surface area (Å²) in [4.78, 5) is 4.23. The number of ether oxygens (including phenoxy) is 1. The van der Waals surface area contributed by atoms with E-state index in [2.05, 4.69) is 35.4 Å². The Balaban J connectivity index is 2.51. The van der Waals surface area contributed by atoms with Crippen LogP contribution in [0.4, 0.5) is 0 Å². The molecule has 18 heavy (non-hydrogen) atoms. The lowest BCUT2D eigenvalue weighted by Crippen LogP contribution is -2.30. The number of fused-ring (bicyclic) bond motifs is 1. The van der Waals surface area contributed by atoms with E-state index < -0.39 is 0 Å². The van der Waals surface area contributed by atoms with Gasteiger partial charge in [-0.3, -0.25) is 4.98 Å². The first-order valence-electron chi connectivity index (χ1n) is 6.34. The van der Waals surface area contributed by atoms with Crippen molar-refractivity contribution in [2.24, 2.45) is 0 Å². The Morgan fingerprint density at radius 2 is 2.17 bits per heavy atom. The Hall–Kier alpha value is -1.45. The average molecular weight is 244 g/mol. The maximum absolute atomic E-state index is 5.57. The van der Waals surface area contributed by atoms with Crippen molar-refractivity contribution < 1.29 is 4.74 Å². The lowest BCUT2D eigenvalue weighted by molar-refractivity contribution is 0.0680. The molecule has 2 rings (SSSR count). The molecular formula is C15H20N2O. The fourth-order valence-corrected chi connectivity index (χ4v) is 2.49. The summed E-state index contributed by atoms with van der Waals surface area (Å²) < 4.78 is 5.57. The van der Waals surface area contributed by atoms with Crippen LogP contribution in [0.3, 0.4) is 0 Å². The van der Waals surface area contributed by atoms with Crippen molar-refractivity contribution in [1.82, 2.24) is 10.3 Å². The number of nitrogens with zero attached hydrogens (tertiary/aromatic N) is 1. The molecule has 0 saturated heterocycles. The first-order valence-corrected chi connectivity index (χ1v) is 6.34. The van der Waals surface area contributed by atoms with Gasteiger partial charge >= 0.3 is 0 Å². The second-order valence-electron chi connectivity index (χ2n) is 4.39. The van der Waals surface area contributed by atoms with Gasteiger partial charge < -0.3 is 10.1 Å². The molecule has 2 atom stereocenters. The summed E-state index contributed by atoms with van der Waals surface area (Å²) in [6, 6.07) is 8.57. The molecule has 2 aromatic rings. The van der Waals surface area contributed by atoms with Crippen LogP contribution in [0.1, 0.15) is 24.9 Å². The zero-order valence-corrected chi connectivity index (χ0v) is 11.2. The number of hydrogen-bond donors (Lipinski definition) is 1. The van der Waals surface area contributed by atoms with Gasteiger partial charge in [0.25, 0.3) is 0 Å². The Morgan fingerprint density at radius 1 is 1.33 bits per heavy atom. The highest BCUT2D eigenvalue weighted by Gasteiger charge is 2.21. The van der Waals surface area contributed by atoms with E-state index in [0.717, 1.165) is 6.42 Å². The van der Waals surface area contributed by atoms with E-state index in [4.69, 9.17) is 4.74 Å². The van der Waals surface area contributed by atoms with Crippen molar-refractivity contribution in [3.8, 4) is 0 Å². The Kier molecular flexibility index (Phi) is 4.28. The van der Waals surface area contributed by atoms with Crippen LogP contribution in [-0.4, -0.2) is 25.2 Å². The fraction of sp³-hybridized carbons (Fsp3) is 0.400. The Bertz CT molecular complexity index is 503. The van der Waals surface area contributed by atoms with Gasteiger partial charge in [-0.05, 0) is 30.5 Å². The summed E-state index contributed by atoms with van der Waals surface area (Å²) in [6.07, 6.45) is 4.89. The topological polar surface area (TPSA) is 34.1 Å². The molecule has 2 unspecified atom stereocenters. The van der Waals surface area contributed by atoms with Crippen molar-refractivity contribution in [1.29, 1.82) is 0 Å². The highest BCUT2D eigenvalue weighted by molar-refractivity contribution is 5.85. The van der Waals surface area contributed by atoms with Crippen LogP contribution in [-0.2, 0) is 4.74 Å². The molecule has 0 aliphatic heterocycles. The normalized spacial score (nSPS) is 14.6. The molecule has 0 radical (unpaired) electrons. The van der Waals surface area contributed by atoms with Gasteiger partial charge in [0, 0.05) is 24.9 Å². The van der Waals surface area contributed by atoms with Crippen LogP contribution in [0, 0.1) is 0 Å². The summed E-state index contributed by atoms with van der Waals surface area (Å²) in [7, 11) is 3.74. The lowest BCUT2D eigenvalue weighted by atomic mass is 9.95. The van der Waals surface area contributed by atoms with Gasteiger partial charge in [-0.1, -0.05) is 25.1 Å². The van der Waals surface area contributed by atoms with E-state index in [1.807, 2.05) is 25.5 Å². The first-order chi connectivity index (χ1) is 8.81. The standard InChI is InChI=1S/C15H20N2O/c1-4-14(18-3)15(16-2)12-7-5-6-11-8-9-17-10-13(11)12/h5-10,14-16H,4H2,1-3H3. The molecule has 0 fully saturated rings. The number of methoxy groups -OCH3 is 1. The van der Waals surface area contributed by atoms with Crippen molar-refractivity contribution in [2.45, 2.75) is 25.5 Å². The predicted molar refractivity (Wildman–Crippen MR) is 74.6 cm³/mol. The molecule has 0 bridgehead atoms. The van der Waals surface area contributed by atoms with Crippen LogP contribution < -0.4 is 5.32 Å². The van der Waals surface area contributed by atoms with E-state index >= 15 is 0 Å². The van der Waals surface area contributed by atoms with E-state index in [1.165, 1.54) is 16.3 Å². The van der Waals surface area contributed by atoms with Gasteiger partial charge in [0.05, 0.1) is 12.1 Å². The number of likely N-dealkylation sites (N-methyl/N-ethyl adjacent to an activating group) is 1. The molecule has 1 N–H and O–H groups in total. The third kappa shape index (κ3) is 2.37. The minimum Gasteiger partial charge on any atom is -0.379 e. The minimum absolute atomic E-state index is 0.167. The third-order valence-corrected chi connectivity index (χ3v) is 3.44. The summed E-state index contributed by atoms with van der Waals surface area (Å²) in [5, 5.41) is 5.77. The van der Waals surface area contributed by atoms with E-state index in [-0.39, 0.29) is 12.1 Å². The lowest BCUT2D eigenvalue weighted by Gasteiger charge is -2.26. The molecule has 0 aliphatic rings. The number of hydrogen-bond acceptors (Lipinski definition) is 3. The number of benzene rings is 1. The van der Waals surface area contributed by atoms with Crippen molar-refractivity contribution in [3.05, 3.63) is 42.2 Å². The van der Waals surface area contributed by atoms with Crippen LogP contribution in [0.5, 0.6) is 0 Å². The third-order valence-electron chi connectivity index (χ3n) is 3.44. The van der Waals surface area contributed by atoms with Gasteiger partial charge in [-0.15, -0.1) is 0 Å². The molecule has 3 nitrogen and oxygen atoms in total. The molecule has 3 heteroatoms. The number of aromatic nitrogens is 1. The van der Waals surface area contributed by atoms with Gasteiger partial charge in [-0.25, -0.2) is 0 Å². The maximum atomic E-state index is 5.57. The Labute approximate surface area is 108 Å². The van der Waals surface area contributed by atoms with Gasteiger partial charge in [0.2, 0.25) is 0 Å². The van der Waals surface area contributed by atoms with Crippen molar-refractivity contribution in [3.63, 3.8) is 0 Å². The van der Waals surface area contributed by atoms with Crippen LogP contribution in [0.2, 0.25) is 0 Å². The maximum Gasteiger partial charge on any atom is 0.0763 e. The number of rotatable bonds is 5. The number of nitrogens with one attached hydrogen (secondary N) is 1. The predicted octanol–water partition coefficient (Wildman–Crippen LogP) is 2.92. The largest absolute Gasteiger partial charge is 0.379 e. The summed E-state index contributed by atoms with van der Waals surface area (Å²) in [5.41, 5.74) is 1.25. The van der Waals surface area contributed by atoms with Gasteiger partial charge in [0.1, 0.15) is 0 Å². The van der Waals surface area contributed by atoms with Crippen LogP contribution >= 0.6 is 0 Å². The molecule has 96 valence electrons. The fourth-order valence-electron chi connectivity index (χ4n) is 2.49. The van der Waals surface area contributed by atoms with E-state index in [9.17, 15) is 0 Å². The van der Waals surface area contributed by atoms with Crippen LogP contribution in [0.25, 0.3) is 10.8 Å². The zero-order chi connectivity index (χ0) is 13.0. The molecule has 0 amide bonds. The van der Waals surface area contributed by atoms with Gasteiger partial charge in [0.15, 0.2) is 0 Å². The smallest absolute Gasteiger partial charge is 0.0763 e. The summed E-state index contributed by atoms with van der Waals surface area (Å²) >= 11 is 0. The molecule has 0 spiro atoms. The molecule has 0 aliphatic carbocycles. The van der Waals surface area contributed by atoms with Crippen molar-refractivity contribution >= 4 is 10.8 Å². The highest BCUT2D eigenvalue weighted by atomic mass is 16.5. The second-order valence-corrected chi connectivity index (χ2v) is 4.39. The zero-order valence-electron chi connectivity index (χ0n) is 11.2. The SMILES string of the molecule is CCC(OC)C(NC)c1cccc2ccncc12. The molecule has 1 aromatic heterocycles. The molecular weight excluding hydrogens is 224 g/mol. The average Bonchev–Trinajstić information content (AvgIpc) is 2.44. The molecule has 1 heterocycles. The quantitative estimate of drug-likeness (QED) is 0.878. The minimum atomic E-state index is 0.167. The first kappa shape index (κ1) is 13.0.